The first-order valence-electron chi connectivity index (χ1n) is 6.50. The van der Waals surface area contributed by atoms with Crippen LogP contribution in [0.1, 0.15) is 30.5 Å². The summed E-state index contributed by atoms with van der Waals surface area (Å²) in [6, 6.07) is 8.55. The van der Waals surface area contributed by atoms with E-state index >= 15 is 0 Å². The highest BCUT2D eigenvalue weighted by Crippen LogP contribution is 2.12. The third kappa shape index (κ3) is 5.72. The Bertz CT molecular complexity index is 389. The van der Waals surface area contributed by atoms with Gasteiger partial charge in [-0.2, -0.15) is 0 Å². The number of benzene rings is 1. The van der Waals surface area contributed by atoms with E-state index in [1.165, 1.54) is 11.1 Å². The van der Waals surface area contributed by atoms with Crippen molar-refractivity contribution < 1.29 is 4.74 Å². The molecule has 0 spiro atoms. The number of nitrogens with one attached hydrogen (secondary N) is 2. The summed E-state index contributed by atoms with van der Waals surface area (Å²) in [4.78, 5) is 4.35. The fraction of sp³-hybridized carbons (Fsp3) is 0.500. The number of aryl methyl sites for hydroxylation is 1. The smallest absolute Gasteiger partial charge is 0.206 e. The van der Waals surface area contributed by atoms with E-state index in [0.717, 1.165) is 6.42 Å². The van der Waals surface area contributed by atoms with Crippen LogP contribution in [-0.2, 0) is 4.74 Å². The highest BCUT2D eigenvalue weighted by atomic mass is 16.5. The highest BCUT2D eigenvalue weighted by Gasteiger charge is 2.06. The van der Waals surface area contributed by atoms with Crippen molar-refractivity contribution in [2.24, 2.45) is 10.8 Å². The Morgan fingerprint density at radius 3 is 2.63 bits per heavy atom. The van der Waals surface area contributed by atoms with E-state index in [-0.39, 0.29) is 6.04 Å². The fourth-order valence-corrected chi connectivity index (χ4v) is 1.68. The van der Waals surface area contributed by atoms with Gasteiger partial charge in [-0.25, -0.2) is 5.84 Å². The molecule has 0 saturated carbocycles. The molecular formula is C14H24N4O. The molecule has 0 aliphatic rings. The van der Waals surface area contributed by atoms with Crippen LogP contribution in [0.25, 0.3) is 0 Å². The monoisotopic (exact) mass is 264 g/mol. The molecule has 0 fully saturated rings. The zero-order chi connectivity index (χ0) is 14.1. The van der Waals surface area contributed by atoms with Crippen LogP contribution < -0.4 is 16.6 Å². The van der Waals surface area contributed by atoms with Crippen molar-refractivity contribution in [2.75, 3.05) is 20.3 Å². The van der Waals surface area contributed by atoms with E-state index in [2.05, 4.69) is 53.8 Å². The van der Waals surface area contributed by atoms with Crippen molar-refractivity contribution in [3.8, 4) is 0 Å². The van der Waals surface area contributed by atoms with Gasteiger partial charge in [0.25, 0.3) is 0 Å². The van der Waals surface area contributed by atoms with Gasteiger partial charge in [0.1, 0.15) is 0 Å². The first-order chi connectivity index (χ1) is 9.17. The van der Waals surface area contributed by atoms with Crippen molar-refractivity contribution in [2.45, 2.75) is 26.3 Å². The molecule has 0 aromatic heterocycles. The maximum absolute atomic E-state index is 5.46. The predicted octanol–water partition coefficient (Wildman–Crippen LogP) is 1.50. The third-order valence-corrected chi connectivity index (χ3v) is 2.84. The van der Waals surface area contributed by atoms with E-state index in [1.54, 1.807) is 7.11 Å². The van der Waals surface area contributed by atoms with Gasteiger partial charge < -0.3 is 10.1 Å². The molecule has 0 aliphatic carbocycles. The molecule has 5 nitrogen and oxygen atoms in total. The summed E-state index contributed by atoms with van der Waals surface area (Å²) in [5.74, 6) is 6.06. The SMILES string of the molecule is COCCCN=C(NN)NC(C)c1ccc(C)cc1. The second-order valence-electron chi connectivity index (χ2n) is 4.50. The standard InChI is InChI=1S/C14H24N4O/c1-11-5-7-13(8-6-11)12(2)17-14(18-15)16-9-4-10-19-3/h5-8,12H,4,9-10,15H2,1-3H3,(H2,16,17,18). The molecule has 1 unspecified atom stereocenters. The molecule has 0 bridgehead atoms. The molecule has 0 radical (unpaired) electrons. The summed E-state index contributed by atoms with van der Waals surface area (Å²) in [6.07, 6.45) is 0.877. The second kappa shape index (κ2) is 8.50. The molecule has 0 amide bonds. The topological polar surface area (TPSA) is 71.7 Å². The molecule has 0 heterocycles. The molecular weight excluding hydrogens is 240 g/mol. The van der Waals surface area contributed by atoms with Crippen LogP contribution in [-0.4, -0.2) is 26.2 Å². The summed E-state index contributed by atoms with van der Waals surface area (Å²) in [5, 5.41) is 3.25. The largest absolute Gasteiger partial charge is 0.385 e. The van der Waals surface area contributed by atoms with Gasteiger partial charge in [0.15, 0.2) is 0 Å². The molecule has 0 aliphatic heterocycles. The van der Waals surface area contributed by atoms with Crippen molar-refractivity contribution in [1.29, 1.82) is 0 Å². The maximum Gasteiger partial charge on any atom is 0.206 e. The van der Waals surface area contributed by atoms with E-state index in [4.69, 9.17) is 10.6 Å². The minimum absolute atomic E-state index is 0.151. The van der Waals surface area contributed by atoms with E-state index in [1.807, 2.05) is 0 Å². The Kier molecular flexibility index (Phi) is 6.92. The van der Waals surface area contributed by atoms with Crippen LogP contribution >= 0.6 is 0 Å². The third-order valence-electron chi connectivity index (χ3n) is 2.84. The average Bonchev–Trinajstić information content (AvgIpc) is 2.42. The van der Waals surface area contributed by atoms with Gasteiger partial charge in [-0.05, 0) is 25.8 Å². The van der Waals surface area contributed by atoms with E-state index in [0.29, 0.717) is 19.1 Å². The summed E-state index contributed by atoms with van der Waals surface area (Å²) >= 11 is 0. The normalized spacial score (nSPS) is 13.2. The van der Waals surface area contributed by atoms with Gasteiger partial charge in [0.2, 0.25) is 5.96 Å². The molecule has 1 aromatic carbocycles. The highest BCUT2D eigenvalue weighted by molar-refractivity contribution is 5.79. The van der Waals surface area contributed by atoms with Crippen molar-refractivity contribution in [3.63, 3.8) is 0 Å². The number of nitrogens with two attached hydrogens (primary N) is 1. The Balaban J connectivity index is 2.52. The zero-order valence-corrected chi connectivity index (χ0v) is 11.9. The number of hydrogen-bond donors (Lipinski definition) is 3. The fourth-order valence-electron chi connectivity index (χ4n) is 1.68. The van der Waals surface area contributed by atoms with E-state index < -0.39 is 0 Å². The lowest BCUT2D eigenvalue weighted by molar-refractivity contribution is 0.197. The minimum atomic E-state index is 0.151. The van der Waals surface area contributed by atoms with E-state index in [9.17, 15) is 0 Å². The summed E-state index contributed by atoms with van der Waals surface area (Å²) in [5.41, 5.74) is 5.04. The predicted molar refractivity (Wildman–Crippen MR) is 78.8 cm³/mol. The zero-order valence-electron chi connectivity index (χ0n) is 11.9. The maximum atomic E-state index is 5.46. The molecule has 1 rings (SSSR count). The molecule has 106 valence electrons. The lowest BCUT2D eigenvalue weighted by Gasteiger charge is -2.17. The number of rotatable bonds is 6. The number of hydrazine groups is 1. The van der Waals surface area contributed by atoms with Crippen LogP contribution in [0.2, 0.25) is 0 Å². The van der Waals surface area contributed by atoms with Crippen molar-refractivity contribution >= 4 is 5.96 Å². The van der Waals surface area contributed by atoms with Gasteiger partial charge in [0, 0.05) is 20.3 Å². The molecule has 5 heteroatoms. The second-order valence-corrected chi connectivity index (χ2v) is 4.50. The lowest BCUT2D eigenvalue weighted by Crippen LogP contribution is -2.42. The van der Waals surface area contributed by atoms with Crippen LogP contribution in [0.4, 0.5) is 0 Å². The van der Waals surface area contributed by atoms with Crippen molar-refractivity contribution in [1.82, 2.24) is 10.7 Å². The van der Waals surface area contributed by atoms with Gasteiger partial charge in [0.05, 0.1) is 6.04 Å². The number of ether oxygens (including phenoxy) is 1. The minimum Gasteiger partial charge on any atom is -0.385 e. The Labute approximate surface area is 115 Å². The first kappa shape index (κ1) is 15.5. The van der Waals surface area contributed by atoms with Crippen LogP contribution in [0.5, 0.6) is 0 Å². The van der Waals surface area contributed by atoms with Crippen LogP contribution in [0, 0.1) is 6.92 Å². The summed E-state index contributed by atoms with van der Waals surface area (Å²) in [6.45, 7) is 5.54. The van der Waals surface area contributed by atoms with Crippen LogP contribution in [0.15, 0.2) is 29.3 Å². The Hall–Kier alpha value is -1.59. The summed E-state index contributed by atoms with van der Waals surface area (Å²) in [7, 11) is 1.68. The number of aliphatic imine (C=N–C) groups is 1. The van der Waals surface area contributed by atoms with Gasteiger partial charge in [-0.3, -0.25) is 10.4 Å². The Morgan fingerprint density at radius 1 is 1.37 bits per heavy atom. The molecule has 19 heavy (non-hydrogen) atoms. The molecule has 1 atom stereocenters. The van der Waals surface area contributed by atoms with Crippen LogP contribution in [0.3, 0.4) is 0 Å². The number of nitrogens with zero attached hydrogens (tertiary/aromatic N) is 1. The molecule has 4 N–H and O–H groups in total. The van der Waals surface area contributed by atoms with Gasteiger partial charge in [-0.1, -0.05) is 29.8 Å². The lowest BCUT2D eigenvalue weighted by atomic mass is 10.1. The quantitative estimate of drug-likeness (QED) is 0.239. The van der Waals surface area contributed by atoms with Crippen molar-refractivity contribution in [3.05, 3.63) is 35.4 Å². The first-order valence-corrected chi connectivity index (χ1v) is 6.50. The van der Waals surface area contributed by atoms with Gasteiger partial charge in [-0.15, -0.1) is 0 Å². The number of methoxy groups -OCH3 is 1. The molecule has 1 aromatic rings. The molecule has 0 saturated heterocycles. The Morgan fingerprint density at radius 2 is 2.05 bits per heavy atom. The average molecular weight is 264 g/mol. The number of hydrogen-bond acceptors (Lipinski definition) is 3. The number of guanidine groups is 1. The van der Waals surface area contributed by atoms with Gasteiger partial charge >= 0.3 is 0 Å². The summed E-state index contributed by atoms with van der Waals surface area (Å²) < 4.78 is 4.98.